The maximum absolute atomic E-state index is 12.6. The molecule has 0 spiro atoms. The van der Waals surface area contributed by atoms with E-state index in [1.165, 1.54) is 0 Å². The topological polar surface area (TPSA) is 96.2 Å². The van der Waals surface area contributed by atoms with Crippen molar-refractivity contribution in [2.24, 2.45) is 0 Å². The van der Waals surface area contributed by atoms with Crippen molar-refractivity contribution in [2.45, 2.75) is 18.8 Å². The highest BCUT2D eigenvalue weighted by Gasteiger charge is 2.28. The number of aromatic nitrogens is 2. The van der Waals surface area contributed by atoms with Crippen LogP contribution in [-0.4, -0.2) is 54.5 Å². The molecular weight excluding hydrogens is 414 g/mol. The van der Waals surface area contributed by atoms with Crippen molar-refractivity contribution < 1.29 is 28.3 Å². The quantitative estimate of drug-likeness (QED) is 0.580. The lowest BCUT2D eigenvalue weighted by Crippen LogP contribution is -2.40. The number of ether oxygens (including phenoxy) is 4. The van der Waals surface area contributed by atoms with Gasteiger partial charge in [0.2, 0.25) is 18.5 Å². The van der Waals surface area contributed by atoms with Crippen LogP contribution < -0.4 is 18.9 Å². The number of carbonyl (C=O) groups excluding carboxylic acids is 1. The predicted octanol–water partition coefficient (Wildman–Crippen LogP) is 3.26. The summed E-state index contributed by atoms with van der Waals surface area (Å²) in [5.74, 6) is 3.91. The SMILES string of the molecule is COc1ccc(-c2noc(C3CCN(C(=O)COc4ccc5c(c4)OCO5)CC3)n2)cc1. The molecule has 5 rings (SSSR count). The monoisotopic (exact) mass is 437 g/mol. The summed E-state index contributed by atoms with van der Waals surface area (Å²) in [5, 5.41) is 4.11. The average Bonchev–Trinajstić information content (AvgIpc) is 3.52. The van der Waals surface area contributed by atoms with E-state index in [9.17, 15) is 4.79 Å². The van der Waals surface area contributed by atoms with E-state index in [1.54, 1.807) is 25.3 Å². The number of carbonyl (C=O) groups is 1. The van der Waals surface area contributed by atoms with Gasteiger partial charge in [-0.1, -0.05) is 5.16 Å². The zero-order valence-electron chi connectivity index (χ0n) is 17.7. The molecule has 1 saturated heterocycles. The average molecular weight is 437 g/mol. The molecule has 9 nitrogen and oxygen atoms in total. The van der Waals surface area contributed by atoms with E-state index >= 15 is 0 Å². The molecule has 3 aromatic rings. The minimum atomic E-state index is -0.0504. The van der Waals surface area contributed by atoms with Gasteiger partial charge in [0.25, 0.3) is 5.91 Å². The minimum Gasteiger partial charge on any atom is -0.497 e. The Morgan fingerprint density at radius 1 is 1.06 bits per heavy atom. The Hall–Kier alpha value is -3.75. The molecule has 1 fully saturated rings. The Bertz CT molecular complexity index is 1090. The van der Waals surface area contributed by atoms with Crippen molar-refractivity contribution >= 4 is 5.91 Å². The Balaban J connectivity index is 1.13. The fourth-order valence-electron chi connectivity index (χ4n) is 3.84. The van der Waals surface area contributed by atoms with Crippen LogP contribution in [0.2, 0.25) is 0 Å². The van der Waals surface area contributed by atoms with Gasteiger partial charge in [0.1, 0.15) is 11.5 Å². The Labute approximate surface area is 184 Å². The second kappa shape index (κ2) is 8.78. The van der Waals surface area contributed by atoms with Crippen molar-refractivity contribution in [1.82, 2.24) is 15.0 Å². The number of fused-ring (bicyclic) bond motifs is 1. The highest BCUT2D eigenvalue weighted by atomic mass is 16.7. The molecule has 0 bridgehead atoms. The van der Waals surface area contributed by atoms with Crippen LogP contribution in [0.15, 0.2) is 47.0 Å². The van der Waals surface area contributed by atoms with E-state index in [1.807, 2.05) is 29.2 Å². The van der Waals surface area contributed by atoms with Crippen molar-refractivity contribution in [3.05, 3.63) is 48.4 Å². The van der Waals surface area contributed by atoms with Crippen LogP contribution in [-0.2, 0) is 4.79 Å². The van der Waals surface area contributed by atoms with Crippen LogP contribution in [0.5, 0.6) is 23.0 Å². The van der Waals surface area contributed by atoms with E-state index in [0.29, 0.717) is 42.1 Å². The van der Waals surface area contributed by atoms with Crippen LogP contribution >= 0.6 is 0 Å². The van der Waals surface area contributed by atoms with Gasteiger partial charge in [0.15, 0.2) is 18.1 Å². The standard InChI is InChI=1S/C23H23N3O6/c1-28-17-4-2-15(3-5-17)22-24-23(32-25-22)16-8-10-26(11-9-16)21(27)13-29-18-6-7-19-20(12-18)31-14-30-19/h2-7,12,16H,8-11,13-14H2,1H3. The second-order valence-electron chi connectivity index (χ2n) is 7.64. The third kappa shape index (κ3) is 4.18. The maximum atomic E-state index is 12.6. The van der Waals surface area contributed by atoms with E-state index in [2.05, 4.69) is 10.1 Å². The second-order valence-corrected chi connectivity index (χ2v) is 7.64. The number of methoxy groups -OCH3 is 1. The van der Waals surface area contributed by atoms with E-state index in [4.69, 9.17) is 23.5 Å². The van der Waals surface area contributed by atoms with Gasteiger partial charge in [0.05, 0.1) is 7.11 Å². The normalized spacial score (nSPS) is 15.6. The Morgan fingerprint density at radius 3 is 2.59 bits per heavy atom. The van der Waals surface area contributed by atoms with Crippen LogP contribution in [0.4, 0.5) is 0 Å². The van der Waals surface area contributed by atoms with E-state index < -0.39 is 0 Å². The Morgan fingerprint density at radius 2 is 1.81 bits per heavy atom. The van der Waals surface area contributed by atoms with Crippen LogP contribution in [0, 0.1) is 0 Å². The van der Waals surface area contributed by atoms with Gasteiger partial charge in [-0.3, -0.25) is 4.79 Å². The summed E-state index contributed by atoms with van der Waals surface area (Å²) in [5.41, 5.74) is 0.870. The maximum Gasteiger partial charge on any atom is 0.260 e. The molecule has 1 amide bonds. The molecule has 166 valence electrons. The fourth-order valence-corrected chi connectivity index (χ4v) is 3.84. The number of hydrogen-bond donors (Lipinski definition) is 0. The molecule has 2 aliphatic heterocycles. The minimum absolute atomic E-state index is 0.0213. The molecule has 2 aliphatic rings. The number of nitrogens with zero attached hydrogens (tertiary/aromatic N) is 3. The zero-order chi connectivity index (χ0) is 21.9. The summed E-state index contributed by atoms with van der Waals surface area (Å²) in [6.45, 7) is 1.42. The van der Waals surface area contributed by atoms with Gasteiger partial charge in [-0.2, -0.15) is 4.98 Å². The van der Waals surface area contributed by atoms with Crippen molar-refractivity contribution in [1.29, 1.82) is 0 Å². The molecule has 1 aromatic heterocycles. The van der Waals surface area contributed by atoms with Crippen molar-refractivity contribution in [3.63, 3.8) is 0 Å². The van der Waals surface area contributed by atoms with Gasteiger partial charge >= 0.3 is 0 Å². The molecular formula is C23H23N3O6. The molecule has 0 saturated carbocycles. The van der Waals surface area contributed by atoms with Gasteiger partial charge in [-0.05, 0) is 49.2 Å². The van der Waals surface area contributed by atoms with E-state index in [-0.39, 0.29) is 25.2 Å². The molecule has 0 atom stereocenters. The van der Waals surface area contributed by atoms with E-state index in [0.717, 1.165) is 24.2 Å². The van der Waals surface area contributed by atoms with Crippen LogP contribution in [0.25, 0.3) is 11.4 Å². The highest BCUT2D eigenvalue weighted by Crippen LogP contribution is 2.35. The lowest BCUT2D eigenvalue weighted by atomic mass is 9.97. The van der Waals surface area contributed by atoms with Crippen molar-refractivity contribution in [2.75, 3.05) is 33.6 Å². The number of piperidine rings is 1. The zero-order valence-corrected chi connectivity index (χ0v) is 17.7. The largest absolute Gasteiger partial charge is 0.497 e. The summed E-state index contributed by atoms with van der Waals surface area (Å²) < 4.78 is 27.0. The van der Waals surface area contributed by atoms with Crippen LogP contribution in [0.3, 0.4) is 0 Å². The summed E-state index contributed by atoms with van der Waals surface area (Å²) in [6.07, 6.45) is 1.53. The first-order valence-electron chi connectivity index (χ1n) is 10.5. The lowest BCUT2D eigenvalue weighted by molar-refractivity contribution is -0.134. The van der Waals surface area contributed by atoms with Crippen molar-refractivity contribution in [3.8, 4) is 34.4 Å². The van der Waals surface area contributed by atoms with Gasteiger partial charge in [-0.25, -0.2) is 0 Å². The summed E-state index contributed by atoms with van der Waals surface area (Å²) in [4.78, 5) is 18.9. The predicted molar refractivity (Wildman–Crippen MR) is 113 cm³/mol. The van der Waals surface area contributed by atoms with Gasteiger partial charge in [0, 0.05) is 30.6 Å². The lowest BCUT2D eigenvalue weighted by Gasteiger charge is -2.30. The molecule has 32 heavy (non-hydrogen) atoms. The number of amides is 1. The van der Waals surface area contributed by atoms with Gasteiger partial charge < -0.3 is 28.4 Å². The molecule has 0 N–H and O–H groups in total. The number of benzene rings is 2. The Kier molecular flexibility index (Phi) is 5.53. The first-order valence-corrected chi connectivity index (χ1v) is 10.5. The molecule has 0 aliphatic carbocycles. The number of rotatable bonds is 6. The first-order chi connectivity index (χ1) is 15.7. The third-order valence-corrected chi connectivity index (χ3v) is 5.69. The summed E-state index contributed by atoms with van der Waals surface area (Å²) in [7, 11) is 1.63. The van der Waals surface area contributed by atoms with Gasteiger partial charge in [-0.15, -0.1) is 0 Å². The molecule has 2 aromatic carbocycles. The molecule has 3 heterocycles. The number of hydrogen-bond acceptors (Lipinski definition) is 8. The summed E-state index contributed by atoms with van der Waals surface area (Å²) in [6, 6.07) is 12.8. The van der Waals surface area contributed by atoms with Crippen LogP contribution in [0.1, 0.15) is 24.7 Å². The first kappa shape index (κ1) is 20.2. The molecule has 0 unspecified atom stereocenters. The molecule has 9 heteroatoms. The fraction of sp³-hybridized carbons (Fsp3) is 0.348. The summed E-state index contributed by atoms with van der Waals surface area (Å²) >= 11 is 0. The third-order valence-electron chi connectivity index (χ3n) is 5.69. The molecule has 0 radical (unpaired) electrons. The number of likely N-dealkylation sites (tertiary alicyclic amines) is 1. The highest BCUT2D eigenvalue weighted by molar-refractivity contribution is 5.78. The smallest absolute Gasteiger partial charge is 0.260 e.